The van der Waals surface area contributed by atoms with E-state index in [-0.39, 0.29) is 5.54 Å². The quantitative estimate of drug-likeness (QED) is 0.884. The minimum absolute atomic E-state index is 0.119. The van der Waals surface area contributed by atoms with Crippen LogP contribution in [0.1, 0.15) is 44.2 Å². The molecule has 3 nitrogen and oxygen atoms in total. The van der Waals surface area contributed by atoms with Gasteiger partial charge in [-0.2, -0.15) is 0 Å². The lowest BCUT2D eigenvalue weighted by atomic mass is 9.82. The Hall–Kier alpha value is -0.900. The summed E-state index contributed by atoms with van der Waals surface area (Å²) < 4.78 is 0. The van der Waals surface area contributed by atoms with Gasteiger partial charge in [0.2, 0.25) is 0 Å². The van der Waals surface area contributed by atoms with Crippen molar-refractivity contribution in [2.45, 2.75) is 56.3 Å². The third-order valence-corrected chi connectivity index (χ3v) is 5.45. The van der Waals surface area contributed by atoms with E-state index in [9.17, 15) is 0 Å². The van der Waals surface area contributed by atoms with Gasteiger partial charge in [-0.1, -0.05) is 30.3 Å². The number of nitrogens with two attached hydrogens (primary N) is 1. The van der Waals surface area contributed by atoms with E-state index in [4.69, 9.17) is 5.73 Å². The molecule has 3 atom stereocenters. The summed E-state index contributed by atoms with van der Waals surface area (Å²) in [4.78, 5) is 2.57. The highest BCUT2D eigenvalue weighted by Crippen LogP contribution is 2.40. The Morgan fingerprint density at radius 1 is 1.25 bits per heavy atom. The molecule has 0 saturated carbocycles. The van der Waals surface area contributed by atoms with Gasteiger partial charge < -0.3 is 16.0 Å². The summed E-state index contributed by atoms with van der Waals surface area (Å²) in [7, 11) is 2.28. The van der Waals surface area contributed by atoms with Gasteiger partial charge in [0.05, 0.1) is 0 Å². The van der Waals surface area contributed by atoms with Gasteiger partial charge in [0.25, 0.3) is 0 Å². The monoisotopic (exact) mass is 273 g/mol. The van der Waals surface area contributed by atoms with Crippen LogP contribution in [0.5, 0.6) is 0 Å². The molecule has 0 spiro atoms. The highest BCUT2D eigenvalue weighted by Gasteiger charge is 2.46. The molecule has 2 aliphatic heterocycles. The lowest BCUT2D eigenvalue weighted by Gasteiger charge is -2.46. The van der Waals surface area contributed by atoms with Crippen molar-refractivity contribution in [3.63, 3.8) is 0 Å². The average Bonchev–Trinajstić information content (AvgIpc) is 2.71. The van der Waals surface area contributed by atoms with Crippen molar-refractivity contribution in [2.75, 3.05) is 13.6 Å². The fourth-order valence-corrected chi connectivity index (χ4v) is 4.20. The van der Waals surface area contributed by atoms with E-state index in [0.29, 0.717) is 18.1 Å². The van der Waals surface area contributed by atoms with E-state index < -0.39 is 0 Å². The van der Waals surface area contributed by atoms with Crippen molar-refractivity contribution in [3.05, 3.63) is 35.9 Å². The van der Waals surface area contributed by atoms with E-state index in [1.54, 1.807) is 0 Å². The summed E-state index contributed by atoms with van der Waals surface area (Å²) >= 11 is 0. The number of hydrogen-bond acceptors (Lipinski definition) is 3. The van der Waals surface area contributed by atoms with E-state index in [1.807, 2.05) is 0 Å². The predicted octanol–water partition coefficient (Wildman–Crippen LogP) is 2.29. The molecule has 0 aromatic heterocycles. The van der Waals surface area contributed by atoms with Gasteiger partial charge >= 0.3 is 0 Å². The highest BCUT2D eigenvalue weighted by atomic mass is 15.2. The molecule has 20 heavy (non-hydrogen) atoms. The first-order valence-electron chi connectivity index (χ1n) is 7.88. The summed E-state index contributed by atoms with van der Waals surface area (Å²) in [5, 5.41) is 3.87. The maximum absolute atomic E-state index is 6.18. The summed E-state index contributed by atoms with van der Waals surface area (Å²) in [6, 6.07) is 12.5. The summed E-state index contributed by atoms with van der Waals surface area (Å²) in [6.07, 6.45) is 5.05. The molecule has 0 radical (unpaired) electrons. The first-order chi connectivity index (χ1) is 9.63. The number of rotatable bonds is 4. The molecule has 3 heteroatoms. The molecule has 2 heterocycles. The van der Waals surface area contributed by atoms with Crippen molar-refractivity contribution in [1.29, 1.82) is 0 Å². The van der Waals surface area contributed by atoms with Crippen LogP contribution < -0.4 is 11.1 Å². The maximum atomic E-state index is 6.18. The second-order valence-electron chi connectivity index (χ2n) is 6.72. The van der Waals surface area contributed by atoms with Gasteiger partial charge in [-0.05, 0) is 45.2 Å². The van der Waals surface area contributed by atoms with Crippen LogP contribution in [0.15, 0.2) is 30.3 Å². The molecule has 0 aliphatic carbocycles. The van der Waals surface area contributed by atoms with Gasteiger partial charge in [-0.15, -0.1) is 0 Å². The van der Waals surface area contributed by atoms with Crippen LogP contribution in [-0.2, 0) is 0 Å². The number of benzene rings is 1. The SMILES string of the molecule is CC(NC1(CN)CC2CCC(C1)N2C)c1ccccc1. The molecule has 0 amide bonds. The van der Waals surface area contributed by atoms with Gasteiger partial charge in [0.1, 0.15) is 0 Å². The highest BCUT2D eigenvalue weighted by molar-refractivity contribution is 5.19. The Kier molecular flexibility index (Phi) is 3.85. The van der Waals surface area contributed by atoms with Crippen LogP contribution in [0.4, 0.5) is 0 Å². The van der Waals surface area contributed by atoms with Crippen LogP contribution in [0, 0.1) is 0 Å². The topological polar surface area (TPSA) is 41.3 Å². The standard InChI is InChI=1S/C17H27N3/c1-13(14-6-4-3-5-7-14)19-17(12-18)10-15-8-9-16(11-17)20(15)2/h3-7,13,15-16,19H,8-12,18H2,1-2H3. The molecule has 2 fully saturated rings. The molecule has 3 rings (SSSR count). The van der Waals surface area contributed by atoms with Gasteiger partial charge in [0.15, 0.2) is 0 Å². The Bertz CT molecular complexity index is 431. The summed E-state index contributed by atoms with van der Waals surface area (Å²) in [5.74, 6) is 0. The second-order valence-corrected chi connectivity index (χ2v) is 6.72. The molecule has 3 unspecified atom stereocenters. The zero-order valence-corrected chi connectivity index (χ0v) is 12.7. The van der Waals surface area contributed by atoms with Crippen LogP contribution in [0.3, 0.4) is 0 Å². The fraction of sp³-hybridized carbons (Fsp3) is 0.647. The number of hydrogen-bond donors (Lipinski definition) is 2. The normalized spacial score (nSPS) is 35.1. The van der Waals surface area contributed by atoms with E-state index in [1.165, 1.54) is 31.2 Å². The molecule has 1 aromatic rings. The largest absolute Gasteiger partial charge is 0.329 e. The Balaban J connectivity index is 1.74. The van der Waals surface area contributed by atoms with Gasteiger partial charge in [-0.25, -0.2) is 0 Å². The summed E-state index contributed by atoms with van der Waals surface area (Å²) in [6.45, 7) is 3.00. The third kappa shape index (κ3) is 2.50. The third-order valence-electron chi connectivity index (χ3n) is 5.45. The molecule has 110 valence electrons. The number of nitrogens with one attached hydrogen (secondary N) is 1. The number of piperidine rings is 1. The van der Waals surface area contributed by atoms with Crippen molar-refractivity contribution in [2.24, 2.45) is 5.73 Å². The van der Waals surface area contributed by atoms with Gasteiger partial charge in [-0.3, -0.25) is 0 Å². The zero-order valence-electron chi connectivity index (χ0n) is 12.7. The first kappa shape index (κ1) is 14.1. The molecular formula is C17H27N3. The van der Waals surface area contributed by atoms with Crippen LogP contribution in [0.2, 0.25) is 0 Å². The smallest absolute Gasteiger partial charge is 0.0339 e. The molecular weight excluding hydrogens is 246 g/mol. The van der Waals surface area contributed by atoms with E-state index >= 15 is 0 Å². The van der Waals surface area contributed by atoms with Crippen LogP contribution in [-0.4, -0.2) is 36.1 Å². The summed E-state index contributed by atoms with van der Waals surface area (Å²) in [5.41, 5.74) is 7.65. The Morgan fingerprint density at radius 3 is 2.40 bits per heavy atom. The first-order valence-corrected chi connectivity index (χ1v) is 7.88. The van der Waals surface area contributed by atoms with Crippen molar-refractivity contribution in [3.8, 4) is 0 Å². The Labute approximate surface area is 122 Å². The Morgan fingerprint density at radius 2 is 1.85 bits per heavy atom. The fourth-order valence-electron chi connectivity index (χ4n) is 4.20. The minimum atomic E-state index is 0.119. The molecule has 3 N–H and O–H groups in total. The minimum Gasteiger partial charge on any atom is -0.329 e. The van der Waals surface area contributed by atoms with Crippen LogP contribution >= 0.6 is 0 Å². The van der Waals surface area contributed by atoms with Crippen molar-refractivity contribution in [1.82, 2.24) is 10.2 Å². The molecule has 2 aliphatic rings. The zero-order chi connectivity index (χ0) is 14.2. The van der Waals surface area contributed by atoms with E-state index in [0.717, 1.165) is 6.54 Å². The predicted molar refractivity (Wildman–Crippen MR) is 83.6 cm³/mol. The van der Waals surface area contributed by atoms with E-state index in [2.05, 4.69) is 54.5 Å². The maximum Gasteiger partial charge on any atom is 0.0339 e. The molecule has 2 saturated heterocycles. The van der Waals surface area contributed by atoms with Crippen molar-refractivity contribution < 1.29 is 0 Å². The lowest BCUT2D eigenvalue weighted by molar-refractivity contribution is 0.0877. The second kappa shape index (κ2) is 5.47. The van der Waals surface area contributed by atoms with Crippen LogP contribution in [0.25, 0.3) is 0 Å². The molecule has 2 bridgehead atoms. The molecule has 1 aromatic carbocycles. The number of fused-ring (bicyclic) bond motifs is 2. The average molecular weight is 273 g/mol. The van der Waals surface area contributed by atoms with Crippen molar-refractivity contribution >= 4 is 0 Å². The number of nitrogens with zero attached hydrogens (tertiary/aromatic N) is 1. The lowest BCUT2D eigenvalue weighted by Crippen LogP contribution is -2.60. The van der Waals surface area contributed by atoms with Gasteiger partial charge in [0, 0.05) is 30.2 Å².